The Kier molecular flexibility index (Phi) is 48.7. The minimum Gasteiger partial charge on any atom is -0.391 e. The van der Waals surface area contributed by atoms with Gasteiger partial charge in [0.2, 0.25) is 5.91 Å². The second-order valence-electron chi connectivity index (χ2n) is 21.0. The molecule has 0 aromatic rings. The minimum atomic E-state index is -4.32. The third kappa shape index (κ3) is 52.4. The van der Waals surface area contributed by atoms with Gasteiger partial charge >= 0.3 is 7.82 Å². The van der Waals surface area contributed by atoms with E-state index in [1.165, 1.54) is 199 Å². The van der Waals surface area contributed by atoms with Crippen molar-refractivity contribution in [3.05, 3.63) is 36.5 Å². The van der Waals surface area contributed by atoms with Crippen molar-refractivity contribution in [3.8, 4) is 0 Å². The van der Waals surface area contributed by atoms with Gasteiger partial charge in [0.1, 0.15) is 13.2 Å². The fourth-order valence-corrected chi connectivity index (χ4v) is 9.32. The molecule has 0 aromatic heterocycles. The van der Waals surface area contributed by atoms with Crippen molar-refractivity contribution in [2.24, 2.45) is 0 Å². The summed E-state index contributed by atoms with van der Waals surface area (Å²) in [7, 11) is 1.62. The smallest absolute Gasteiger partial charge is 0.391 e. The Morgan fingerprint density at radius 2 is 0.851 bits per heavy atom. The van der Waals surface area contributed by atoms with Gasteiger partial charge < -0.3 is 19.8 Å². The number of allylic oxidation sites excluding steroid dienone is 6. The summed E-state index contributed by atoms with van der Waals surface area (Å²) in [4.78, 5) is 23.3. The lowest BCUT2D eigenvalue weighted by atomic mass is 10.0. The first kappa shape index (κ1) is 65.7. The molecular weight excluding hydrogens is 852 g/mol. The fraction of sp³-hybridized carbons (Fsp3) is 0.879. The van der Waals surface area contributed by atoms with Crippen molar-refractivity contribution in [1.29, 1.82) is 0 Å². The topological polar surface area (TPSA) is 105 Å². The summed E-state index contributed by atoms with van der Waals surface area (Å²) in [6.45, 7) is 4.89. The van der Waals surface area contributed by atoms with Crippen molar-refractivity contribution in [3.63, 3.8) is 0 Å². The zero-order valence-corrected chi connectivity index (χ0v) is 46.0. The number of nitrogens with one attached hydrogen (secondary N) is 1. The zero-order chi connectivity index (χ0) is 49.2. The number of nitrogens with zero attached hydrogens (tertiary/aromatic N) is 1. The first-order chi connectivity index (χ1) is 32.5. The Labute approximate surface area is 417 Å². The number of hydrogen-bond donors (Lipinski definition) is 3. The normalized spacial score (nSPS) is 14.2. The molecule has 0 spiro atoms. The van der Waals surface area contributed by atoms with Crippen molar-refractivity contribution < 1.29 is 32.9 Å². The summed E-state index contributed by atoms with van der Waals surface area (Å²) in [5, 5.41) is 14.0. The lowest BCUT2D eigenvalue weighted by Crippen LogP contribution is -2.46. The highest BCUT2D eigenvalue weighted by Crippen LogP contribution is 2.43. The van der Waals surface area contributed by atoms with Crippen LogP contribution in [0.2, 0.25) is 0 Å². The average Bonchev–Trinajstić information content (AvgIpc) is 3.29. The number of phosphoric ester groups is 1. The van der Waals surface area contributed by atoms with E-state index in [1.807, 2.05) is 21.1 Å². The maximum Gasteiger partial charge on any atom is 0.472 e. The van der Waals surface area contributed by atoms with Gasteiger partial charge in [-0.2, -0.15) is 0 Å². The van der Waals surface area contributed by atoms with Gasteiger partial charge in [-0.3, -0.25) is 13.8 Å². The summed E-state index contributed by atoms with van der Waals surface area (Å²) < 4.78 is 23.7. The maximum absolute atomic E-state index is 13.0. The Morgan fingerprint density at radius 3 is 1.24 bits per heavy atom. The molecule has 3 atom stereocenters. The molecule has 8 nitrogen and oxygen atoms in total. The largest absolute Gasteiger partial charge is 0.472 e. The summed E-state index contributed by atoms with van der Waals surface area (Å²) in [6, 6.07) is -0.758. The van der Waals surface area contributed by atoms with E-state index in [1.54, 1.807) is 0 Å². The predicted molar refractivity (Wildman–Crippen MR) is 291 cm³/mol. The van der Waals surface area contributed by atoms with Crippen LogP contribution in [0.1, 0.15) is 277 Å². The number of amides is 1. The Morgan fingerprint density at radius 1 is 0.507 bits per heavy atom. The average molecular weight is 967 g/mol. The highest BCUT2D eigenvalue weighted by Gasteiger charge is 2.28. The molecule has 0 radical (unpaired) electrons. The van der Waals surface area contributed by atoms with Crippen LogP contribution in [0.4, 0.5) is 0 Å². The number of unbranched alkanes of at least 4 members (excludes halogenated alkanes) is 34. The van der Waals surface area contributed by atoms with Crippen LogP contribution in [-0.2, 0) is 18.4 Å². The molecule has 0 aliphatic rings. The second-order valence-corrected chi connectivity index (χ2v) is 22.5. The molecule has 0 heterocycles. The lowest BCUT2D eigenvalue weighted by molar-refractivity contribution is -0.870. The highest BCUT2D eigenvalue weighted by atomic mass is 31.2. The second kappa shape index (κ2) is 49.7. The molecule has 0 aromatic carbocycles. The molecule has 396 valence electrons. The van der Waals surface area contributed by atoms with Gasteiger partial charge in [-0.1, -0.05) is 256 Å². The van der Waals surface area contributed by atoms with Crippen molar-refractivity contribution in [1.82, 2.24) is 5.32 Å². The molecule has 0 aliphatic carbocycles. The lowest BCUT2D eigenvalue weighted by Gasteiger charge is -2.26. The Balaban J connectivity index is 3.97. The standard InChI is InChI=1S/C58H113N2O6P/c1-6-8-10-12-14-16-18-20-21-22-23-24-25-26-27-28-29-30-31-32-33-34-35-36-37-38-39-40-42-44-46-48-50-52-58(62)59-56(55-66-67(63,64)65-54-53-60(3,4)5)57(61)51-49-47-45-43-41-19-17-15-13-11-9-7-2/h18,20,22-23,25-26,56-57,61H,6-17,19,21,24,27-55H2,1-5H3,(H-,59,62,63,64)/p+1/b20-18-,23-22-,26-25-. The monoisotopic (exact) mass is 966 g/mol. The van der Waals surface area contributed by atoms with Crippen LogP contribution >= 0.6 is 7.82 Å². The highest BCUT2D eigenvalue weighted by molar-refractivity contribution is 7.47. The summed E-state index contributed by atoms with van der Waals surface area (Å²) in [6.07, 6.45) is 63.5. The van der Waals surface area contributed by atoms with Crippen LogP contribution in [0.25, 0.3) is 0 Å². The molecule has 1 amide bonds. The van der Waals surface area contributed by atoms with Crippen LogP contribution in [0, 0.1) is 0 Å². The van der Waals surface area contributed by atoms with Crippen LogP contribution < -0.4 is 5.32 Å². The van der Waals surface area contributed by atoms with Gasteiger partial charge in [-0.25, -0.2) is 4.57 Å². The zero-order valence-electron chi connectivity index (χ0n) is 45.2. The van der Waals surface area contributed by atoms with Crippen LogP contribution in [-0.4, -0.2) is 73.4 Å². The number of phosphoric acid groups is 1. The number of hydrogen-bond acceptors (Lipinski definition) is 5. The van der Waals surface area contributed by atoms with Gasteiger partial charge in [0, 0.05) is 6.42 Å². The van der Waals surface area contributed by atoms with Crippen molar-refractivity contribution >= 4 is 13.7 Å². The molecule has 0 saturated carbocycles. The molecule has 67 heavy (non-hydrogen) atoms. The molecule has 3 N–H and O–H groups in total. The van der Waals surface area contributed by atoms with E-state index < -0.39 is 20.0 Å². The van der Waals surface area contributed by atoms with Gasteiger partial charge in [-0.05, 0) is 51.4 Å². The number of carbonyl (C=O) groups excluding carboxylic acids is 1. The minimum absolute atomic E-state index is 0.0759. The van der Waals surface area contributed by atoms with Crippen molar-refractivity contribution in [2.45, 2.75) is 289 Å². The molecule has 0 aliphatic heterocycles. The maximum atomic E-state index is 13.0. The number of likely N-dealkylation sites (N-methyl/N-ethyl adjacent to an activating group) is 1. The molecule has 0 bridgehead atoms. The number of aliphatic hydroxyl groups is 1. The molecule has 9 heteroatoms. The molecular formula is C58H114N2O6P+. The van der Waals surface area contributed by atoms with Crippen LogP contribution in [0.15, 0.2) is 36.5 Å². The van der Waals surface area contributed by atoms with Crippen molar-refractivity contribution in [2.75, 3.05) is 40.9 Å². The fourth-order valence-electron chi connectivity index (χ4n) is 8.58. The number of carbonyl (C=O) groups is 1. The number of aliphatic hydroxyl groups excluding tert-OH is 1. The third-order valence-electron chi connectivity index (χ3n) is 13.1. The van der Waals surface area contributed by atoms with E-state index in [9.17, 15) is 19.4 Å². The Bertz CT molecular complexity index is 1190. The van der Waals surface area contributed by atoms with E-state index in [4.69, 9.17) is 9.05 Å². The molecule has 3 unspecified atom stereocenters. The van der Waals surface area contributed by atoms with E-state index in [0.29, 0.717) is 23.9 Å². The predicted octanol–water partition coefficient (Wildman–Crippen LogP) is 17.4. The van der Waals surface area contributed by atoms with Crippen LogP contribution in [0.3, 0.4) is 0 Å². The Hall–Kier alpha value is -1.28. The summed E-state index contributed by atoms with van der Waals surface area (Å²) in [5.41, 5.74) is 0. The van der Waals surface area contributed by atoms with E-state index in [2.05, 4.69) is 55.6 Å². The third-order valence-corrected chi connectivity index (χ3v) is 14.1. The molecule has 0 rings (SSSR count). The van der Waals surface area contributed by atoms with Gasteiger partial charge in [0.05, 0.1) is 39.9 Å². The van der Waals surface area contributed by atoms with E-state index in [-0.39, 0.29) is 19.1 Å². The molecule has 0 saturated heterocycles. The van der Waals surface area contributed by atoms with E-state index >= 15 is 0 Å². The first-order valence-electron chi connectivity index (χ1n) is 28.9. The quantitative estimate of drug-likeness (QED) is 0.0243. The summed E-state index contributed by atoms with van der Waals surface area (Å²) in [5.74, 6) is -0.142. The van der Waals surface area contributed by atoms with Crippen LogP contribution in [0.5, 0.6) is 0 Å². The van der Waals surface area contributed by atoms with E-state index in [0.717, 1.165) is 51.4 Å². The summed E-state index contributed by atoms with van der Waals surface area (Å²) >= 11 is 0. The number of quaternary nitrogens is 1. The number of rotatable bonds is 53. The van der Waals surface area contributed by atoms with Gasteiger partial charge in [0.25, 0.3) is 0 Å². The van der Waals surface area contributed by atoms with Gasteiger partial charge in [0.15, 0.2) is 0 Å². The molecule has 0 fully saturated rings. The SMILES string of the molecule is CCCCCCC/C=C\C/C=C\C/C=C\CCCCCCCCCCCCCCCCCCCCC(=O)NC(COP(=O)(O)OCC[N+](C)(C)C)C(O)CCCCCCCCCCCCCC. The van der Waals surface area contributed by atoms with Gasteiger partial charge in [-0.15, -0.1) is 0 Å². The first-order valence-corrected chi connectivity index (χ1v) is 30.3.